The van der Waals surface area contributed by atoms with Crippen LogP contribution in [0.4, 0.5) is 11.4 Å². The van der Waals surface area contributed by atoms with Crippen molar-refractivity contribution in [1.82, 2.24) is 0 Å². The molecule has 2 rings (SSSR count). The fourth-order valence-corrected chi connectivity index (χ4v) is 2.20. The van der Waals surface area contributed by atoms with E-state index in [4.69, 9.17) is 5.73 Å². The largest absolute Gasteiger partial charge is 0.398 e. The first kappa shape index (κ1) is 15.1. The first-order valence-corrected chi connectivity index (χ1v) is 7.20. The molecular weight excluding hydrogens is 260 g/mol. The van der Waals surface area contributed by atoms with Crippen molar-refractivity contribution >= 4 is 17.2 Å². The van der Waals surface area contributed by atoms with Gasteiger partial charge in [0.15, 0.2) is 5.78 Å². The minimum atomic E-state index is -0.0163. The summed E-state index contributed by atoms with van der Waals surface area (Å²) in [4.78, 5) is 11.5. The van der Waals surface area contributed by atoms with Crippen LogP contribution in [0.1, 0.15) is 48.2 Å². The highest BCUT2D eigenvalue weighted by atomic mass is 16.1. The van der Waals surface area contributed by atoms with Crippen LogP contribution in [-0.2, 0) is 6.54 Å². The minimum Gasteiger partial charge on any atom is -0.398 e. The van der Waals surface area contributed by atoms with Gasteiger partial charge in [0.25, 0.3) is 0 Å². The number of anilines is 2. The van der Waals surface area contributed by atoms with Gasteiger partial charge in [-0.2, -0.15) is 0 Å². The molecule has 110 valence electrons. The van der Waals surface area contributed by atoms with Gasteiger partial charge >= 0.3 is 0 Å². The summed E-state index contributed by atoms with van der Waals surface area (Å²) < 4.78 is 0. The summed E-state index contributed by atoms with van der Waals surface area (Å²) in [5, 5.41) is 3.32. The van der Waals surface area contributed by atoms with E-state index >= 15 is 0 Å². The standard InChI is InChI=1S/C18H22N2O/c1-12(2)15-6-4-14(5-7-15)11-20-16-8-9-18(19)17(10-16)13(3)21/h4-10,12,20H,11,19H2,1-3H3. The number of nitrogens with two attached hydrogens (primary N) is 1. The molecule has 0 unspecified atom stereocenters. The Morgan fingerprint density at radius 3 is 2.38 bits per heavy atom. The molecule has 3 heteroatoms. The molecular formula is C18H22N2O. The highest BCUT2D eigenvalue weighted by Crippen LogP contribution is 2.20. The third-order valence-corrected chi connectivity index (χ3v) is 3.58. The maximum atomic E-state index is 11.5. The van der Waals surface area contributed by atoms with Crippen LogP contribution in [0.15, 0.2) is 42.5 Å². The van der Waals surface area contributed by atoms with Crippen molar-refractivity contribution < 1.29 is 4.79 Å². The Labute approximate surface area is 126 Å². The molecule has 0 aliphatic carbocycles. The maximum Gasteiger partial charge on any atom is 0.161 e. The van der Waals surface area contributed by atoms with Crippen LogP contribution >= 0.6 is 0 Å². The van der Waals surface area contributed by atoms with Crippen LogP contribution in [0.3, 0.4) is 0 Å². The van der Waals surface area contributed by atoms with Crippen LogP contribution in [0.25, 0.3) is 0 Å². The van der Waals surface area contributed by atoms with E-state index in [1.54, 1.807) is 12.1 Å². The molecule has 21 heavy (non-hydrogen) atoms. The summed E-state index contributed by atoms with van der Waals surface area (Å²) in [6, 6.07) is 14.0. The van der Waals surface area contributed by atoms with Gasteiger partial charge in [-0.25, -0.2) is 0 Å². The fraction of sp³-hybridized carbons (Fsp3) is 0.278. The zero-order valence-electron chi connectivity index (χ0n) is 12.8. The summed E-state index contributed by atoms with van der Waals surface area (Å²) in [7, 11) is 0. The van der Waals surface area contributed by atoms with E-state index in [0.717, 1.165) is 12.2 Å². The van der Waals surface area contributed by atoms with Crippen LogP contribution < -0.4 is 11.1 Å². The minimum absolute atomic E-state index is 0.0163. The van der Waals surface area contributed by atoms with Gasteiger partial charge in [-0.15, -0.1) is 0 Å². The van der Waals surface area contributed by atoms with E-state index in [1.807, 2.05) is 6.07 Å². The molecule has 0 fully saturated rings. The van der Waals surface area contributed by atoms with Crippen molar-refractivity contribution in [1.29, 1.82) is 0 Å². The summed E-state index contributed by atoms with van der Waals surface area (Å²) in [6.45, 7) is 6.62. The van der Waals surface area contributed by atoms with Crippen molar-refractivity contribution in [3.05, 3.63) is 59.2 Å². The van der Waals surface area contributed by atoms with E-state index in [1.165, 1.54) is 18.1 Å². The number of Topliss-reactive ketones (excluding diaryl/α,β-unsaturated/α-hetero) is 1. The quantitative estimate of drug-likeness (QED) is 0.638. The number of carbonyl (C=O) groups is 1. The van der Waals surface area contributed by atoms with E-state index in [0.29, 0.717) is 17.2 Å². The van der Waals surface area contributed by atoms with Crippen LogP contribution in [0.2, 0.25) is 0 Å². The Hall–Kier alpha value is -2.29. The lowest BCUT2D eigenvalue weighted by molar-refractivity contribution is 0.101. The van der Waals surface area contributed by atoms with E-state index in [9.17, 15) is 4.79 Å². The highest BCUT2D eigenvalue weighted by molar-refractivity contribution is 6.00. The Balaban J connectivity index is 2.06. The summed E-state index contributed by atoms with van der Waals surface area (Å²) in [5.41, 5.74) is 10.3. The number of benzene rings is 2. The topological polar surface area (TPSA) is 55.1 Å². The van der Waals surface area contributed by atoms with Gasteiger partial charge in [0, 0.05) is 23.5 Å². The smallest absolute Gasteiger partial charge is 0.161 e. The second-order valence-corrected chi connectivity index (χ2v) is 5.61. The van der Waals surface area contributed by atoms with Gasteiger partial charge in [-0.1, -0.05) is 38.1 Å². The summed E-state index contributed by atoms with van der Waals surface area (Å²) in [6.07, 6.45) is 0. The summed E-state index contributed by atoms with van der Waals surface area (Å²) in [5.74, 6) is 0.527. The lowest BCUT2D eigenvalue weighted by Crippen LogP contribution is -2.04. The maximum absolute atomic E-state index is 11.5. The third kappa shape index (κ3) is 3.85. The average molecular weight is 282 g/mol. The first-order chi connectivity index (χ1) is 9.97. The number of carbonyl (C=O) groups excluding carboxylic acids is 1. The second-order valence-electron chi connectivity index (χ2n) is 5.61. The van der Waals surface area contributed by atoms with Gasteiger partial charge in [0.05, 0.1) is 0 Å². The second kappa shape index (κ2) is 6.44. The zero-order valence-corrected chi connectivity index (χ0v) is 12.8. The highest BCUT2D eigenvalue weighted by Gasteiger charge is 2.06. The molecule has 0 aliphatic heterocycles. The lowest BCUT2D eigenvalue weighted by Gasteiger charge is -2.10. The molecule has 3 nitrogen and oxygen atoms in total. The van der Waals surface area contributed by atoms with Crippen molar-refractivity contribution in [2.24, 2.45) is 0 Å². The van der Waals surface area contributed by atoms with Crippen LogP contribution in [-0.4, -0.2) is 5.78 Å². The van der Waals surface area contributed by atoms with Crippen molar-refractivity contribution in [3.8, 4) is 0 Å². The zero-order chi connectivity index (χ0) is 15.4. The number of hydrogen-bond donors (Lipinski definition) is 2. The molecule has 0 heterocycles. The molecule has 3 N–H and O–H groups in total. The number of rotatable bonds is 5. The molecule has 0 saturated carbocycles. The van der Waals surface area contributed by atoms with E-state index in [-0.39, 0.29) is 5.78 Å². The molecule has 0 radical (unpaired) electrons. The predicted molar refractivity (Wildman–Crippen MR) is 88.7 cm³/mol. The third-order valence-electron chi connectivity index (χ3n) is 3.58. The molecule has 0 saturated heterocycles. The van der Waals surface area contributed by atoms with Crippen LogP contribution in [0.5, 0.6) is 0 Å². The monoisotopic (exact) mass is 282 g/mol. The van der Waals surface area contributed by atoms with Gasteiger partial charge in [-0.05, 0) is 42.2 Å². The number of nitrogens with one attached hydrogen (secondary N) is 1. The first-order valence-electron chi connectivity index (χ1n) is 7.20. The number of nitrogen functional groups attached to an aromatic ring is 1. The normalized spacial score (nSPS) is 10.7. The van der Waals surface area contributed by atoms with Crippen molar-refractivity contribution in [2.45, 2.75) is 33.2 Å². The molecule has 0 amide bonds. The Bertz CT molecular complexity index is 630. The lowest BCUT2D eigenvalue weighted by atomic mass is 10.0. The molecule has 2 aromatic rings. The van der Waals surface area contributed by atoms with Gasteiger partial charge in [0.1, 0.15) is 0 Å². The van der Waals surface area contributed by atoms with E-state index < -0.39 is 0 Å². The SMILES string of the molecule is CC(=O)c1cc(NCc2ccc(C(C)C)cc2)ccc1N. The van der Waals surface area contributed by atoms with Gasteiger partial charge in [0.2, 0.25) is 0 Å². The van der Waals surface area contributed by atoms with Gasteiger partial charge < -0.3 is 11.1 Å². The predicted octanol–water partition coefficient (Wildman–Crippen LogP) is 4.21. The number of hydrogen-bond acceptors (Lipinski definition) is 3. The van der Waals surface area contributed by atoms with Crippen LogP contribution in [0, 0.1) is 0 Å². The number of ketones is 1. The molecule has 2 aromatic carbocycles. The Kier molecular flexibility index (Phi) is 4.63. The molecule has 0 aromatic heterocycles. The average Bonchev–Trinajstić information content (AvgIpc) is 2.46. The van der Waals surface area contributed by atoms with Gasteiger partial charge in [-0.3, -0.25) is 4.79 Å². The molecule has 0 aliphatic rings. The van der Waals surface area contributed by atoms with E-state index in [2.05, 4.69) is 43.4 Å². The fourth-order valence-electron chi connectivity index (χ4n) is 2.20. The molecule has 0 atom stereocenters. The molecule has 0 spiro atoms. The molecule has 0 bridgehead atoms. The van der Waals surface area contributed by atoms with Crippen molar-refractivity contribution in [2.75, 3.05) is 11.1 Å². The van der Waals surface area contributed by atoms with Crippen molar-refractivity contribution in [3.63, 3.8) is 0 Å². The Morgan fingerprint density at radius 2 is 1.81 bits per heavy atom. The summed E-state index contributed by atoms with van der Waals surface area (Å²) >= 11 is 0. The Morgan fingerprint density at radius 1 is 1.14 bits per heavy atom.